The molecule has 0 aliphatic carbocycles. The van der Waals surface area contributed by atoms with Gasteiger partial charge in [-0.05, 0) is 30.7 Å². The van der Waals surface area contributed by atoms with Gasteiger partial charge in [-0.15, -0.1) is 0 Å². The Morgan fingerprint density at radius 1 is 1.07 bits per heavy atom. The van der Waals surface area contributed by atoms with Gasteiger partial charge in [0.05, 0.1) is 48.7 Å². The van der Waals surface area contributed by atoms with E-state index in [1.54, 1.807) is 11.0 Å². The van der Waals surface area contributed by atoms with Crippen molar-refractivity contribution in [1.82, 2.24) is 28.4 Å². The van der Waals surface area contributed by atoms with Gasteiger partial charge in [0.25, 0.3) is 5.56 Å². The molecular formula is C30H26ClF2N7O5. The second-order valence-electron chi connectivity index (χ2n) is 10.8. The van der Waals surface area contributed by atoms with E-state index in [1.165, 1.54) is 46.7 Å². The number of hydrogen-bond acceptors (Lipinski definition) is 8. The second kappa shape index (κ2) is 11.3. The summed E-state index contributed by atoms with van der Waals surface area (Å²) in [5, 5.41) is -0.278. The summed E-state index contributed by atoms with van der Waals surface area (Å²) < 4.78 is 42.6. The second-order valence-corrected chi connectivity index (χ2v) is 11.2. The Morgan fingerprint density at radius 3 is 2.62 bits per heavy atom. The molecule has 0 radical (unpaired) electrons. The predicted octanol–water partition coefficient (Wildman–Crippen LogP) is 2.81. The highest BCUT2D eigenvalue weighted by Gasteiger charge is 2.34. The molecule has 6 heterocycles. The number of pyridine rings is 2. The van der Waals surface area contributed by atoms with Crippen molar-refractivity contribution in [1.29, 1.82) is 0 Å². The Balaban J connectivity index is 1.42. The maximum atomic E-state index is 14.3. The van der Waals surface area contributed by atoms with Crippen LogP contribution in [0.15, 0.2) is 58.4 Å². The summed E-state index contributed by atoms with van der Waals surface area (Å²) in [5.74, 6) is -1.09. The molecule has 1 amide bonds. The number of morpholine rings is 1. The molecule has 5 aromatic rings. The van der Waals surface area contributed by atoms with Gasteiger partial charge in [0, 0.05) is 44.5 Å². The molecule has 15 heteroatoms. The van der Waals surface area contributed by atoms with Crippen molar-refractivity contribution in [3.05, 3.63) is 86.3 Å². The number of hydrogen-bond donors (Lipinski definition) is 0. The molecule has 0 unspecified atom stereocenters. The van der Waals surface area contributed by atoms with Crippen molar-refractivity contribution in [2.24, 2.45) is 5.92 Å². The van der Waals surface area contributed by atoms with Crippen molar-refractivity contribution < 1.29 is 23.0 Å². The van der Waals surface area contributed by atoms with E-state index in [2.05, 4.69) is 9.97 Å². The highest BCUT2D eigenvalue weighted by Crippen LogP contribution is 2.31. The lowest BCUT2D eigenvalue weighted by Crippen LogP contribution is -2.44. The fourth-order valence-electron chi connectivity index (χ4n) is 5.98. The highest BCUT2D eigenvalue weighted by molar-refractivity contribution is 6.30. The highest BCUT2D eigenvalue weighted by atomic mass is 35.5. The fourth-order valence-corrected chi connectivity index (χ4v) is 6.16. The Morgan fingerprint density at radius 2 is 1.87 bits per heavy atom. The first-order valence-corrected chi connectivity index (χ1v) is 14.6. The van der Waals surface area contributed by atoms with Crippen LogP contribution in [0.1, 0.15) is 6.42 Å². The van der Waals surface area contributed by atoms with Gasteiger partial charge in [0.15, 0.2) is 0 Å². The normalized spacial score (nSPS) is 17.0. The molecule has 12 nitrogen and oxygen atoms in total. The van der Waals surface area contributed by atoms with E-state index in [1.807, 2.05) is 4.90 Å². The number of carbonyl (C=O) groups excluding carboxylic acids is 1. The molecule has 2 saturated heterocycles. The first kappa shape index (κ1) is 28.9. The number of aromatic nitrogens is 5. The zero-order valence-corrected chi connectivity index (χ0v) is 24.7. The lowest BCUT2D eigenvalue weighted by molar-refractivity contribution is -0.138. The van der Waals surface area contributed by atoms with Crippen LogP contribution in [0.2, 0.25) is 5.02 Å². The minimum Gasteiger partial charge on any atom is -0.480 e. The van der Waals surface area contributed by atoms with Gasteiger partial charge < -0.3 is 19.3 Å². The van der Waals surface area contributed by atoms with E-state index < -0.39 is 22.9 Å². The molecule has 232 valence electrons. The summed E-state index contributed by atoms with van der Waals surface area (Å²) in [6, 6.07) is 7.66. The smallest absolute Gasteiger partial charge is 0.342 e. The third kappa shape index (κ3) is 4.90. The number of benzene rings is 1. The average Bonchev–Trinajstić information content (AvgIpc) is 3.70. The van der Waals surface area contributed by atoms with Crippen molar-refractivity contribution in [2.75, 3.05) is 51.4 Å². The molecule has 0 bridgehead atoms. The number of fused-ring (bicyclic) bond motifs is 2. The summed E-state index contributed by atoms with van der Waals surface area (Å²) in [4.78, 5) is 54.1. The first-order valence-electron chi connectivity index (χ1n) is 14.2. The molecule has 0 saturated carbocycles. The lowest BCUT2D eigenvalue weighted by Gasteiger charge is -2.29. The van der Waals surface area contributed by atoms with Crippen LogP contribution in [0.5, 0.6) is 5.88 Å². The number of ether oxygens (including phenoxy) is 2. The number of rotatable bonds is 5. The number of methoxy groups -OCH3 is 1. The van der Waals surface area contributed by atoms with Gasteiger partial charge in [-0.3, -0.25) is 18.6 Å². The Labute approximate surface area is 258 Å². The molecule has 2 aliphatic rings. The van der Waals surface area contributed by atoms with Gasteiger partial charge in [-0.25, -0.2) is 23.1 Å². The maximum absolute atomic E-state index is 14.3. The van der Waals surface area contributed by atoms with E-state index in [0.29, 0.717) is 51.6 Å². The molecule has 2 fully saturated rings. The van der Waals surface area contributed by atoms with Gasteiger partial charge in [-0.1, -0.05) is 11.6 Å². The van der Waals surface area contributed by atoms with E-state index >= 15 is 0 Å². The van der Waals surface area contributed by atoms with Crippen LogP contribution in [-0.2, 0) is 9.53 Å². The molecule has 45 heavy (non-hydrogen) atoms. The van der Waals surface area contributed by atoms with Crippen LogP contribution in [0.4, 0.5) is 14.6 Å². The van der Waals surface area contributed by atoms with Crippen molar-refractivity contribution in [3.63, 3.8) is 0 Å². The molecular weight excluding hydrogens is 612 g/mol. The van der Waals surface area contributed by atoms with Gasteiger partial charge in [-0.2, -0.15) is 4.98 Å². The Bertz CT molecular complexity index is 2110. The van der Waals surface area contributed by atoms with Crippen molar-refractivity contribution >= 4 is 39.9 Å². The summed E-state index contributed by atoms with van der Waals surface area (Å²) in [5.41, 5.74) is -1.10. The molecule has 1 aromatic carbocycles. The molecule has 0 spiro atoms. The number of anilines is 1. The van der Waals surface area contributed by atoms with E-state index in [9.17, 15) is 23.2 Å². The SMILES string of the molecule is COc1nc(N2CC[C@@H](C(=O)N3CCOCC3)C2)cc2c1c(=O)n(-c1cnc3cc(F)ccn13)c(=O)n2-c1ccc(F)c(Cl)c1. The topological polar surface area (TPSA) is 116 Å². The Kier molecular flexibility index (Phi) is 7.25. The van der Waals surface area contributed by atoms with Crippen LogP contribution in [-0.4, -0.2) is 80.8 Å². The van der Waals surface area contributed by atoms with Crippen LogP contribution in [0.25, 0.3) is 28.1 Å². The van der Waals surface area contributed by atoms with Gasteiger partial charge in [0.1, 0.15) is 34.3 Å². The van der Waals surface area contributed by atoms with Crippen molar-refractivity contribution in [2.45, 2.75) is 6.42 Å². The Hall–Kier alpha value is -4.82. The minimum atomic E-state index is -0.817. The molecule has 4 aromatic heterocycles. The van der Waals surface area contributed by atoms with Crippen molar-refractivity contribution in [3.8, 4) is 17.4 Å². The number of amides is 1. The fraction of sp³-hybridized carbons (Fsp3) is 0.300. The monoisotopic (exact) mass is 637 g/mol. The third-order valence-electron chi connectivity index (χ3n) is 8.22. The molecule has 7 rings (SSSR count). The summed E-state index contributed by atoms with van der Waals surface area (Å²) in [6.45, 7) is 2.96. The minimum absolute atomic E-state index is 0.0407. The van der Waals surface area contributed by atoms with E-state index in [0.717, 1.165) is 16.7 Å². The number of imidazole rings is 1. The zero-order valence-electron chi connectivity index (χ0n) is 24.0. The maximum Gasteiger partial charge on any atom is 0.342 e. The number of halogens is 3. The summed E-state index contributed by atoms with van der Waals surface area (Å²) in [6.07, 6.45) is 3.22. The van der Waals surface area contributed by atoms with Crippen LogP contribution < -0.4 is 20.9 Å². The van der Waals surface area contributed by atoms with Crippen LogP contribution in [0.3, 0.4) is 0 Å². The van der Waals surface area contributed by atoms with Crippen LogP contribution >= 0.6 is 11.6 Å². The third-order valence-corrected chi connectivity index (χ3v) is 8.51. The molecule has 0 N–H and O–H groups in total. The largest absolute Gasteiger partial charge is 0.480 e. The van der Waals surface area contributed by atoms with E-state index in [-0.39, 0.29) is 50.8 Å². The standard InChI is InChI=1S/C30H26ClF2N7O5/c1-44-27-26-22(14-24(35-27)37-6-4-17(16-37)28(41)36-8-10-45-11-9-36)39(19-2-3-21(33)20(31)13-19)30(43)40(29(26)42)25-15-34-23-12-18(32)5-7-38(23)25/h2-3,5,7,12-15,17H,4,6,8-11,16H2,1H3/t17-/m1/s1. The van der Waals surface area contributed by atoms with E-state index in [4.69, 9.17) is 21.1 Å². The van der Waals surface area contributed by atoms with Gasteiger partial charge in [0.2, 0.25) is 11.8 Å². The molecule has 2 aliphatic heterocycles. The summed E-state index contributed by atoms with van der Waals surface area (Å²) >= 11 is 6.14. The number of nitrogens with zero attached hydrogens (tertiary/aromatic N) is 7. The number of carbonyl (C=O) groups is 1. The predicted molar refractivity (Wildman–Crippen MR) is 161 cm³/mol. The lowest BCUT2D eigenvalue weighted by atomic mass is 10.1. The average molecular weight is 638 g/mol. The zero-order chi connectivity index (χ0) is 31.4. The quantitative estimate of drug-likeness (QED) is 0.289. The molecule has 1 atom stereocenters. The first-order chi connectivity index (χ1) is 21.7. The van der Waals surface area contributed by atoms with Gasteiger partial charge >= 0.3 is 5.69 Å². The van der Waals surface area contributed by atoms with Crippen LogP contribution in [0, 0.1) is 17.6 Å². The summed E-state index contributed by atoms with van der Waals surface area (Å²) in [7, 11) is 1.35.